The van der Waals surface area contributed by atoms with Crippen LogP contribution in [0.25, 0.3) is 11.6 Å². The van der Waals surface area contributed by atoms with Crippen LogP contribution in [0.1, 0.15) is 16.7 Å². The smallest absolute Gasteiger partial charge is 0.262 e. The van der Waals surface area contributed by atoms with Crippen molar-refractivity contribution >= 4 is 35.8 Å². The fourth-order valence-electron chi connectivity index (χ4n) is 2.79. The van der Waals surface area contributed by atoms with Crippen molar-refractivity contribution in [3.63, 3.8) is 0 Å². The molecule has 0 atom stereocenters. The molecule has 4 rings (SSSR count). The number of aromatic hydroxyl groups is 1. The molecule has 0 saturated carbocycles. The van der Waals surface area contributed by atoms with Crippen molar-refractivity contribution in [1.82, 2.24) is 9.97 Å². The number of nitrogens with zero attached hydrogens (tertiary/aromatic N) is 1. The van der Waals surface area contributed by atoms with Gasteiger partial charge in [-0.05, 0) is 42.1 Å². The maximum Gasteiger partial charge on any atom is 0.262 e. The third-order valence-corrected chi connectivity index (χ3v) is 4.33. The minimum Gasteiger partial charge on any atom is -0.494 e. The van der Waals surface area contributed by atoms with E-state index in [-0.39, 0.29) is 16.2 Å². The molecule has 0 aliphatic carbocycles. The van der Waals surface area contributed by atoms with E-state index in [1.807, 2.05) is 48.5 Å². The molecule has 0 saturated heterocycles. The van der Waals surface area contributed by atoms with Crippen LogP contribution in [0.4, 0.5) is 5.69 Å². The summed E-state index contributed by atoms with van der Waals surface area (Å²) < 4.78 is 5.93. The van der Waals surface area contributed by atoms with E-state index in [1.54, 1.807) is 12.3 Å². The number of nitrogens with one attached hydrogen (secondary N) is 2. The summed E-state index contributed by atoms with van der Waals surface area (Å²) in [6.45, 7) is 0.454. The van der Waals surface area contributed by atoms with Gasteiger partial charge in [-0.25, -0.2) is 0 Å². The maximum absolute atomic E-state index is 12.1. The zero-order valence-corrected chi connectivity index (χ0v) is 14.9. The number of H-pyrrole nitrogens is 2. The Morgan fingerprint density at radius 1 is 1.15 bits per heavy atom. The molecule has 2 aromatic carbocycles. The lowest BCUT2D eigenvalue weighted by molar-refractivity contribution is 0.306. The van der Waals surface area contributed by atoms with Gasteiger partial charge in [0.25, 0.3) is 5.56 Å². The molecule has 3 aromatic rings. The number of hydrogen-bond donors (Lipinski definition) is 3. The summed E-state index contributed by atoms with van der Waals surface area (Å²) in [6.07, 6.45) is 3.21. The molecule has 0 fully saturated rings. The zero-order valence-electron chi connectivity index (χ0n) is 14.1. The van der Waals surface area contributed by atoms with Gasteiger partial charge in [0.15, 0.2) is 4.77 Å². The highest BCUT2D eigenvalue weighted by molar-refractivity contribution is 7.71. The van der Waals surface area contributed by atoms with Crippen LogP contribution in [0, 0.1) is 4.77 Å². The summed E-state index contributed by atoms with van der Waals surface area (Å²) in [4.78, 5) is 21.4. The molecule has 2 heterocycles. The predicted octanol–water partition coefficient (Wildman–Crippen LogP) is 3.97. The number of ether oxygens (including phenoxy) is 1. The molecule has 0 bridgehead atoms. The molecule has 1 aliphatic rings. The van der Waals surface area contributed by atoms with Crippen LogP contribution >= 0.6 is 12.2 Å². The second-order valence-corrected chi connectivity index (χ2v) is 6.39. The van der Waals surface area contributed by atoms with Gasteiger partial charge in [-0.2, -0.15) is 0 Å². The van der Waals surface area contributed by atoms with Gasteiger partial charge in [-0.3, -0.25) is 14.8 Å². The van der Waals surface area contributed by atoms with E-state index in [4.69, 9.17) is 17.0 Å². The van der Waals surface area contributed by atoms with Gasteiger partial charge in [0.2, 0.25) is 5.88 Å². The van der Waals surface area contributed by atoms with E-state index in [9.17, 15) is 9.90 Å². The van der Waals surface area contributed by atoms with Crippen LogP contribution in [0.3, 0.4) is 0 Å². The molecule has 0 radical (unpaired) electrons. The van der Waals surface area contributed by atoms with Gasteiger partial charge in [0, 0.05) is 17.4 Å². The van der Waals surface area contributed by atoms with E-state index >= 15 is 0 Å². The van der Waals surface area contributed by atoms with E-state index < -0.39 is 5.56 Å². The summed E-state index contributed by atoms with van der Waals surface area (Å²) in [5.74, 6) is 0.411. The quantitative estimate of drug-likeness (QED) is 0.600. The number of rotatable bonds is 4. The lowest BCUT2D eigenvalue weighted by Gasteiger charge is -2.08. The second-order valence-electron chi connectivity index (χ2n) is 5.98. The van der Waals surface area contributed by atoms with Gasteiger partial charge in [-0.1, -0.05) is 30.3 Å². The standard InChI is InChI=1S/C20H15N3O3S/c24-18-16(19(25)23-20(27)22-18)8-13-10-21-17-7-6-14(9-15(13)17)26-11-12-4-2-1-3-5-12/h1-10H,11H2,(H3,22,23,24,25,27)/b13-8-. The molecular weight excluding hydrogens is 362 g/mol. The van der Waals surface area contributed by atoms with E-state index in [0.29, 0.717) is 17.9 Å². The molecule has 1 aromatic heterocycles. The lowest BCUT2D eigenvalue weighted by Crippen LogP contribution is -2.11. The van der Waals surface area contributed by atoms with Crippen LogP contribution in [-0.4, -0.2) is 21.3 Å². The molecule has 1 aliphatic heterocycles. The number of allylic oxidation sites excluding steroid dienone is 1. The number of aromatic nitrogens is 2. The first-order chi connectivity index (χ1) is 13.1. The predicted molar refractivity (Wildman–Crippen MR) is 107 cm³/mol. The van der Waals surface area contributed by atoms with Crippen molar-refractivity contribution in [2.75, 3.05) is 0 Å². The van der Waals surface area contributed by atoms with Crippen molar-refractivity contribution in [3.05, 3.63) is 80.3 Å². The second kappa shape index (κ2) is 7.05. The third-order valence-electron chi connectivity index (χ3n) is 4.13. The molecule has 6 nitrogen and oxygen atoms in total. The van der Waals surface area contributed by atoms with Crippen LogP contribution in [-0.2, 0) is 6.61 Å². The Labute approximate surface area is 159 Å². The molecule has 0 spiro atoms. The lowest BCUT2D eigenvalue weighted by atomic mass is 10.0. The van der Waals surface area contributed by atoms with E-state index in [1.165, 1.54) is 0 Å². The van der Waals surface area contributed by atoms with Crippen molar-refractivity contribution < 1.29 is 9.84 Å². The molecule has 27 heavy (non-hydrogen) atoms. The monoisotopic (exact) mass is 377 g/mol. The molecule has 134 valence electrons. The summed E-state index contributed by atoms with van der Waals surface area (Å²) in [6, 6.07) is 15.5. The van der Waals surface area contributed by atoms with Crippen molar-refractivity contribution in [1.29, 1.82) is 0 Å². The first-order valence-electron chi connectivity index (χ1n) is 8.22. The van der Waals surface area contributed by atoms with Gasteiger partial charge >= 0.3 is 0 Å². The molecule has 3 N–H and O–H groups in total. The fourth-order valence-corrected chi connectivity index (χ4v) is 2.98. The van der Waals surface area contributed by atoms with Crippen molar-refractivity contribution in [3.8, 4) is 11.6 Å². The highest BCUT2D eigenvalue weighted by Crippen LogP contribution is 2.35. The highest BCUT2D eigenvalue weighted by Gasteiger charge is 2.15. The van der Waals surface area contributed by atoms with Gasteiger partial charge in [0.1, 0.15) is 17.9 Å². The average molecular weight is 377 g/mol. The van der Waals surface area contributed by atoms with Gasteiger partial charge in [-0.15, -0.1) is 0 Å². The average Bonchev–Trinajstić information content (AvgIpc) is 3.06. The summed E-state index contributed by atoms with van der Waals surface area (Å²) in [5, 5.41) is 9.99. The SMILES string of the molecule is O=c1[nH]c(=S)[nH]c(O)c1/C=C1/C=Nc2ccc(OCc3ccccc3)cc21. The van der Waals surface area contributed by atoms with E-state index in [0.717, 1.165) is 16.8 Å². The third kappa shape index (κ3) is 3.58. The number of aliphatic imine (C=N–C) groups is 1. The number of fused-ring (bicyclic) bond motifs is 1. The fraction of sp³-hybridized carbons (Fsp3) is 0.0500. The normalized spacial score (nSPS) is 13.7. The van der Waals surface area contributed by atoms with Crippen LogP contribution in [0.5, 0.6) is 11.6 Å². The number of hydrogen-bond acceptors (Lipinski definition) is 5. The molecular formula is C20H15N3O3S. The zero-order chi connectivity index (χ0) is 18.8. The maximum atomic E-state index is 12.1. The van der Waals surface area contributed by atoms with E-state index in [2.05, 4.69) is 15.0 Å². The minimum atomic E-state index is -0.470. The van der Waals surface area contributed by atoms with Crippen molar-refractivity contribution in [2.24, 2.45) is 4.99 Å². The van der Waals surface area contributed by atoms with Crippen LogP contribution in [0.2, 0.25) is 0 Å². The highest BCUT2D eigenvalue weighted by atomic mass is 32.1. The van der Waals surface area contributed by atoms with Crippen molar-refractivity contribution in [2.45, 2.75) is 6.61 Å². The molecule has 0 amide bonds. The Balaban J connectivity index is 1.64. The number of aromatic amines is 2. The summed E-state index contributed by atoms with van der Waals surface area (Å²) >= 11 is 4.84. The van der Waals surface area contributed by atoms with Crippen LogP contribution in [0.15, 0.2) is 58.3 Å². The first kappa shape index (κ1) is 17.0. The van der Waals surface area contributed by atoms with Crippen LogP contribution < -0.4 is 10.3 Å². The Morgan fingerprint density at radius 3 is 2.74 bits per heavy atom. The Bertz CT molecular complexity index is 1180. The van der Waals surface area contributed by atoms with Gasteiger partial charge < -0.3 is 14.8 Å². The summed E-state index contributed by atoms with van der Waals surface area (Å²) in [5.41, 5.74) is 2.98. The topological polar surface area (TPSA) is 90.5 Å². The first-order valence-corrected chi connectivity index (χ1v) is 8.63. The molecule has 7 heteroatoms. The summed E-state index contributed by atoms with van der Waals surface area (Å²) in [7, 11) is 0. The Hall–Kier alpha value is -3.45. The Morgan fingerprint density at radius 2 is 1.96 bits per heavy atom. The Kier molecular flexibility index (Phi) is 4.43. The van der Waals surface area contributed by atoms with Gasteiger partial charge in [0.05, 0.1) is 5.69 Å². The number of benzene rings is 2. The molecule has 0 unspecified atom stereocenters. The minimum absolute atomic E-state index is 0.0664. The largest absolute Gasteiger partial charge is 0.494 e.